The molecule has 2 aliphatic heterocycles. The lowest BCUT2D eigenvalue weighted by Crippen LogP contribution is -2.45. The predicted octanol–water partition coefficient (Wildman–Crippen LogP) is 3.83. The van der Waals surface area contributed by atoms with Gasteiger partial charge < -0.3 is 10.2 Å². The molecular formula is C18H21Cl2N3O2. The molecule has 0 aliphatic carbocycles. The molecule has 134 valence electrons. The second-order valence-electron chi connectivity index (χ2n) is 6.89. The van der Waals surface area contributed by atoms with Crippen molar-refractivity contribution in [1.82, 2.24) is 15.1 Å². The van der Waals surface area contributed by atoms with Crippen molar-refractivity contribution in [1.29, 1.82) is 0 Å². The smallest absolute Gasteiger partial charge is 0.322 e. The van der Waals surface area contributed by atoms with Crippen molar-refractivity contribution in [2.45, 2.75) is 32.9 Å². The van der Waals surface area contributed by atoms with Gasteiger partial charge in [-0.15, -0.1) is 0 Å². The van der Waals surface area contributed by atoms with Crippen molar-refractivity contribution >= 4 is 35.1 Å². The fraction of sp³-hybridized carbons (Fsp3) is 0.444. The Morgan fingerprint density at radius 1 is 1.20 bits per heavy atom. The van der Waals surface area contributed by atoms with Crippen LogP contribution < -0.4 is 5.32 Å². The number of halogens is 2. The van der Waals surface area contributed by atoms with E-state index < -0.39 is 6.04 Å². The minimum atomic E-state index is -0.569. The maximum absolute atomic E-state index is 13.1. The molecule has 3 amide bonds. The van der Waals surface area contributed by atoms with Gasteiger partial charge in [-0.2, -0.15) is 0 Å². The summed E-state index contributed by atoms with van der Waals surface area (Å²) in [4.78, 5) is 28.9. The van der Waals surface area contributed by atoms with Crippen LogP contribution in [0.2, 0.25) is 10.0 Å². The molecule has 25 heavy (non-hydrogen) atoms. The zero-order valence-corrected chi connectivity index (χ0v) is 16.1. The van der Waals surface area contributed by atoms with Gasteiger partial charge in [0.15, 0.2) is 0 Å². The second-order valence-corrected chi connectivity index (χ2v) is 7.73. The quantitative estimate of drug-likeness (QED) is 0.864. The van der Waals surface area contributed by atoms with Gasteiger partial charge in [-0.25, -0.2) is 4.79 Å². The summed E-state index contributed by atoms with van der Waals surface area (Å²) in [5.41, 5.74) is 1.99. The van der Waals surface area contributed by atoms with Crippen LogP contribution in [0.4, 0.5) is 4.79 Å². The number of amides is 3. The Balaban J connectivity index is 2.06. The third-order valence-electron chi connectivity index (χ3n) is 5.12. The van der Waals surface area contributed by atoms with E-state index in [1.165, 1.54) is 4.90 Å². The summed E-state index contributed by atoms with van der Waals surface area (Å²) in [5.74, 6) is 0.260. The third-order valence-corrected chi connectivity index (χ3v) is 5.68. The van der Waals surface area contributed by atoms with Crippen LogP contribution in [0.25, 0.3) is 0 Å². The van der Waals surface area contributed by atoms with Crippen molar-refractivity contribution < 1.29 is 9.59 Å². The molecule has 3 rings (SSSR count). The van der Waals surface area contributed by atoms with E-state index in [1.54, 1.807) is 25.2 Å². The van der Waals surface area contributed by atoms with E-state index in [-0.39, 0.29) is 18.0 Å². The number of benzene rings is 1. The summed E-state index contributed by atoms with van der Waals surface area (Å²) in [7, 11) is 1.68. The van der Waals surface area contributed by atoms with E-state index in [4.69, 9.17) is 23.2 Å². The number of hydrogen-bond acceptors (Lipinski definition) is 2. The number of carbonyl (C=O) groups excluding carboxylic acids is 2. The lowest BCUT2D eigenvalue weighted by atomic mass is 9.95. The summed E-state index contributed by atoms with van der Waals surface area (Å²) >= 11 is 12.3. The number of carbonyl (C=O) groups is 2. The van der Waals surface area contributed by atoms with Crippen LogP contribution in [0, 0.1) is 5.92 Å². The molecule has 0 spiro atoms. The number of rotatable bonds is 3. The van der Waals surface area contributed by atoms with Gasteiger partial charge in [-0.1, -0.05) is 43.1 Å². The molecule has 2 heterocycles. The highest BCUT2D eigenvalue weighted by Gasteiger charge is 2.44. The van der Waals surface area contributed by atoms with Gasteiger partial charge in [0.25, 0.3) is 5.91 Å². The highest BCUT2D eigenvalue weighted by molar-refractivity contribution is 6.35. The molecule has 0 aromatic heterocycles. The second kappa shape index (κ2) is 6.54. The van der Waals surface area contributed by atoms with E-state index in [2.05, 4.69) is 19.2 Å². The van der Waals surface area contributed by atoms with E-state index >= 15 is 0 Å². The molecule has 2 atom stereocenters. The molecule has 5 nitrogen and oxygen atoms in total. The van der Waals surface area contributed by atoms with Crippen molar-refractivity contribution in [3.63, 3.8) is 0 Å². The van der Waals surface area contributed by atoms with Crippen LogP contribution in [-0.2, 0) is 4.79 Å². The molecular weight excluding hydrogens is 361 g/mol. The van der Waals surface area contributed by atoms with Crippen LogP contribution >= 0.6 is 23.2 Å². The Hall–Kier alpha value is -1.72. The summed E-state index contributed by atoms with van der Waals surface area (Å²) in [6.45, 7) is 6.62. The number of hydrogen-bond donors (Lipinski definition) is 1. The van der Waals surface area contributed by atoms with Gasteiger partial charge in [-0.3, -0.25) is 9.69 Å². The van der Waals surface area contributed by atoms with E-state index in [0.717, 1.165) is 5.70 Å². The SMILES string of the molecule is CC(C)[C@@H](C)N1CC2=C(C1=O)[C@H](c1ccc(Cl)cc1Cl)NC(=O)N2C. The van der Waals surface area contributed by atoms with E-state index in [1.807, 2.05) is 11.8 Å². The molecule has 0 fully saturated rings. The standard InChI is InChI=1S/C18H21Cl2N3O2/c1-9(2)10(3)23-8-14-15(17(23)24)16(21-18(25)22(14)4)12-6-5-11(19)7-13(12)20/h5-7,9-10,16H,8H2,1-4H3,(H,21,25)/t10-,16+/m1/s1. The maximum atomic E-state index is 13.1. The van der Waals surface area contributed by atoms with Crippen molar-refractivity contribution in [2.75, 3.05) is 13.6 Å². The van der Waals surface area contributed by atoms with Gasteiger partial charge in [0.05, 0.1) is 23.9 Å². The first-order chi connectivity index (χ1) is 11.7. The molecule has 0 radical (unpaired) electrons. The van der Waals surface area contributed by atoms with Crippen molar-refractivity contribution in [3.8, 4) is 0 Å². The van der Waals surface area contributed by atoms with Crippen molar-refractivity contribution in [2.24, 2.45) is 5.92 Å². The summed E-state index contributed by atoms with van der Waals surface area (Å²) in [6, 6.07) is 4.34. The maximum Gasteiger partial charge on any atom is 0.322 e. The molecule has 1 aromatic rings. The molecule has 7 heteroatoms. The Morgan fingerprint density at radius 2 is 1.88 bits per heavy atom. The minimum Gasteiger partial charge on any atom is -0.330 e. The Morgan fingerprint density at radius 3 is 2.48 bits per heavy atom. The molecule has 1 N–H and O–H groups in total. The number of nitrogens with one attached hydrogen (secondary N) is 1. The molecule has 0 saturated carbocycles. The normalized spacial score (nSPS) is 21.8. The molecule has 0 bridgehead atoms. The highest BCUT2D eigenvalue weighted by Crippen LogP contribution is 2.39. The number of urea groups is 1. The van der Waals surface area contributed by atoms with Crippen LogP contribution in [0.5, 0.6) is 0 Å². The Bertz CT molecular complexity index is 776. The Kier molecular flexibility index (Phi) is 4.73. The zero-order valence-electron chi connectivity index (χ0n) is 14.6. The highest BCUT2D eigenvalue weighted by atomic mass is 35.5. The lowest BCUT2D eigenvalue weighted by molar-refractivity contribution is -0.128. The predicted molar refractivity (Wildman–Crippen MR) is 98.5 cm³/mol. The Labute approximate surface area is 157 Å². The number of nitrogens with zero attached hydrogens (tertiary/aromatic N) is 2. The van der Waals surface area contributed by atoms with E-state index in [9.17, 15) is 9.59 Å². The average molecular weight is 382 g/mol. The monoisotopic (exact) mass is 381 g/mol. The molecule has 0 unspecified atom stereocenters. The molecule has 0 saturated heterocycles. The summed E-state index contributed by atoms with van der Waals surface area (Å²) < 4.78 is 0. The number of likely N-dealkylation sites (N-methyl/N-ethyl adjacent to an activating group) is 1. The topological polar surface area (TPSA) is 52.7 Å². The van der Waals surface area contributed by atoms with Gasteiger partial charge in [0.2, 0.25) is 0 Å². The summed E-state index contributed by atoms with van der Waals surface area (Å²) in [6.07, 6.45) is 0. The molecule has 1 aromatic carbocycles. The summed E-state index contributed by atoms with van der Waals surface area (Å²) in [5, 5.41) is 3.82. The van der Waals surface area contributed by atoms with Crippen LogP contribution in [-0.4, -0.2) is 41.4 Å². The molecule has 2 aliphatic rings. The minimum absolute atomic E-state index is 0.0564. The average Bonchev–Trinajstić information content (AvgIpc) is 2.88. The fourth-order valence-corrected chi connectivity index (χ4v) is 3.76. The van der Waals surface area contributed by atoms with Crippen LogP contribution in [0.1, 0.15) is 32.4 Å². The van der Waals surface area contributed by atoms with Gasteiger partial charge in [-0.05, 0) is 30.5 Å². The first kappa shape index (κ1) is 18.1. The lowest BCUT2D eigenvalue weighted by Gasteiger charge is -2.31. The van der Waals surface area contributed by atoms with Crippen LogP contribution in [0.3, 0.4) is 0 Å². The van der Waals surface area contributed by atoms with Gasteiger partial charge >= 0.3 is 6.03 Å². The third kappa shape index (κ3) is 3.00. The fourth-order valence-electron chi connectivity index (χ4n) is 3.25. The van der Waals surface area contributed by atoms with Gasteiger partial charge in [0.1, 0.15) is 0 Å². The van der Waals surface area contributed by atoms with Crippen LogP contribution in [0.15, 0.2) is 29.5 Å². The first-order valence-corrected chi connectivity index (χ1v) is 9.01. The van der Waals surface area contributed by atoms with E-state index in [0.29, 0.717) is 33.6 Å². The zero-order chi connectivity index (χ0) is 18.5. The largest absolute Gasteiger partial charge is 0.330 e. The first-order valence-electron chi connectivity index (χ1n) is 8.25. The van der Waals surface area contributed by atoms with Gasteiger partial charge in [0, 0.05) is 23.1 Å². The van der Waals surface area contributed by atoms with Crippen molar-refractivity contribution in [3.05, 3.63) is 45.1 Å².